The second-order valence-electron chi connectivity index (χ2n) is 5.22. The second-order valence-corrected chi connectivity index (χ2v) is 5.22. The Kier molecular flexibility index (Phi) is 6.36. The molecule has 0 saturated carbocycles. The van der Waals surface area contributed by atoms with Crippen molar-refractivity contribution in [2.24, 2.45) is 7.05 Å². The number of aromatic nitrogens is 2. The second kappa shape index (κ2) is 7.54. The number of aryl methyl sites for hydroxylation is 2. The first-order valence-corrected chi connectivity index (χ1v) is 6.96. The topological polar surface area (TPSA) is 33.1 Å². The van der Waals surface area contributed by atoms with Crippen LogP contribution in [0.25, 0.3) is 0 Å². The summed E-state index contributed by atoms with van der Waals surface area (Å²) >= 11 is 0. The molecule has 0 aliphatic heterocycles. The lowest BCUT2D eigenvalue weighted by Crippen LogP contribution is -2.40. The number of nitrogens with one attached hydrogen (secondary N) is 1. The molecule has 1 aromatic heterocycles. The maximum atomic E-state index is 4.52. The summed E-state index contributed by atoms with van der Waals surface area (Å²) in [6.45, 7) is 6.50. The summed E-state index contributed by atoms with van der Waals surface area (Å²) in [6.07, 6.45) is 3.23. The molecule has 0 aromatic carbocycles. The number of hydrogen-bond acceptors (Lipinski definition) is 3. The summed E-state index contributed by atoms with van der Waals surface area (Å²) in [6, 6.07) is 2.73. The highest BCUT2D eigenvalue weighted by Gasteiger charge is 2.13. The fraction of sp³-hybridized carbons (Fsp3) is 0.786. The maximum Gasteiger partial charge on any atom is 0.0624 e. The van der Waals surface area contributed by atoms with Crippen molar-refractivity contribution in [3.63, 3.8) is 0 Å². The number of likely N-dealkylation sites (N-methyl/N-ethyl adjacent to an activating group) is 1. The van der Waals surface area contributed by atoms with E-state index in [1.165, 1.54) is 17.8 Å². The molecule has 1 atom stereocenters. The van der Waals surface area contributed by atoms with Gasteiger partial charge in [-0.15, -0.1) is 0 Å². The zero-order valence-corrected chi connectivity index (χ0v) is 12.5. The van der Waals surface area contributed by atoms with Crippen LogP contribution in [0, 0.1) is 0 Å². The average Bonchev–Trinajstić information content (AvgIpc) is 2.66. The molecule has 0 spiro atoms. The van der Waals surface area contributed by atoms with E-state index in [9.17, 15) is 0 Å². The minimum Gasteiger partial charge on any atom is -0.312 e. The third-order valence-electron chi connectivity index (χ3n) is 3.11. The van der Waals surface area contributed by atoms with Crippen molar-refractivity contribution in [1.82, 2.24) is 20.0 Å². The van der Waals surface area contributed by atoms with Gasteiger partial charge in [0.1, 0.15) is 0 Å². The zero-order chi connectivity index (χ0) is 13.5. The van der Waals surface area contributed by atoms with Gasteiger partial charge in [0.2, 0.25) is 0 Å². The van der Waals surface area contributed by atoms with Crippen LogP contribution in [-0.2, 0) is 19.9 Å². The van der Waals surface area contributed by atoms with Crippen LogP contribution in [-0.4, -0.2) is 47.9 Å². The van der Waals surface area contributed by atoms with E-state index < -0.39 is 0 Å². The van der Waals surface area contributed by atoms with E-state index in [0.29, 0.717) is 6.04 Å². The monoisotopic (exact) mass is 252 g/mol. The van der Waals surface area contributed by atoms with Gasteiger partial charge >= 0.3 is 0 Å². The third kappa shape index (κ3) is 4.78. The molecule has 1 unspecified atom stereocenters. The van der Waals surface area contributed by atoms with Crippen LogP contribution in [0.1, 0.15) is 31.7 Å². The number of rotatable bonds is 8. The quantitative estimate of drug-likeness (QED) is 0.760. The lowest BCUT2D eigenvalue weighted by molar-refractivity contribution is 0.333. The summed E-state index contributed by atoms with van der Waals surface area (Å²) in [5.41, 5.74) is 2.51. The van der Waals surface area contributed by atoms with Gasteiger partial charge in [-0.05, 0) is 39.5 Å². The molecule has 1 rings (SSSR count). The molecule has 1 aromatic rings. The van der Waals surface area contributed by atoms with E-state index in [0.717, 1.165) is 25.9 Å². The van der Waals surface area contributed by atoms with E-state index >= 15 is 0 Å². The zero-order valence-electron chi connectivity index (χ0n) is 12.5. The van der Waals surface area contributed by atoms with Crippen LogP contribution in [0.15, 0.2) is 6.07 Å². The van der Waals surface area contributed by atoms with Crippen molar-refractivity contribution in [2.45, 2.75) is 39.2 Å². The fourth-order valence-corrected chi connectivity index (χ4v) is 2.18. The van der Waals surface area contributed by atoms with Crippen molar-refractivity contribution in [3.8, 4) is 0 Å². The molecule has 0 aliphatic rings. The van der Waals surface area contributed by atoms with Gasteiger partial charge < -0.3 is 10.2 Å². The van der Waals surface area contributed by atoms with Gasteiger partial charge in [0, 0.05) is 31.7 Å². The smallest absolute Gasteiger partial charge is 0.0624 e. The van der Waals surface area contributed by atoms with E-state index in [2.05, 4.69) is 49.3 Å². The van der Waals surface area contributed by atoms with Crippen molar-refractivity contribution >= 4 is 0 Å². The average molecular weight is 252 g/mol. The fourth-order valence-electron chi connectivity index (χ4n) is 2.18. The first kappa shape index (κ1) is 15.2. The summed E-state index contributed by atoms with van der Waals surface area (Å²) in [7, 11) is 6.30. The molecule has 0 radical (unpaired) electrons. The minimum atomic E-state index is 0.500. The standard InChI is InChI=1S/C14H28N4/c1-6-8-15-13(11-17(3)4)10-14-9-12(7-2)16-18(14)5/h9,13,15H,6-8,10-11H2,1-5H3. The predicted molar refractivity (Wildman–Crippen MR) is 76.9 cm³/mol. The highest BCUT2D eigenvalue weighted by atomic mass is 15.3. The molecule has 1 N–H and O–H groups in total. The lowest BCUT2D eigenvalue weighted by atomic mass is 10.1. The Balaban J connectivity index is 2.65. The van der Waals surface area contributed by atoms with E-state index in [1.807, 2.05) is 11.7 Å². The molecule has 0 amide bonds. The van der Waals surface area contributed by atoms with Gasteiger partial charge in [0.15, 0.2) is 0 Å². The van der Waals surface area contributed by atoms with E-state index in [1.54, 1.807) is 0 Å². The minimum absolute atomic E-state index is 0.500. The van der Waals surface area contributed by atoms with Crippen LogP contribution in [0.5, 0.6) is 0 Å². The molecule has 1 heterocycles. The first-order chi connectivity index (χ1) is 8.56. The number of hydrogen-bond donors (Lipinski definition) is 1. The summed E-state index contributed by atoms with van der Waals surface area (Å²) in [5.74, 6) is 0. The van der Waals surface area contributed by atoms with E-state index in [4.69, 9.17) is 0 Å². The van der Waals surface area contributed by atoms with Crippen molar-refractivity contribution in [1.29, 1.82) is 0 Å². The first-order valence-electron chi connectivity index (χ1n) is 6.96. The molecular formula is C14H28N4. The normalized spacial score (nSPS) is 13.2. The predicted octanol–water partition coefficient (Wildman–Crippen LogP) is 1.45. The highest BCUT2D eigenvalue weighted by Crippen LogP contribution is 2.07. The van der Waals surface area contributed by atoms with Gasteiger partial charge in [-0.2, -0.15) is 5.10 Å². The molecule has 0 aliphatic carbocycles. The Hall–Kier alpha value is -0.870. The Morgan fingerprint density at radius 2 is 2.11 bits per heavy atom. The molecule has 4 heteroatoms. The molecule has 0 fully saturated rings. The van der Waals surface area contributed by atoms with Gasteiger partial charge in [-0.1, -0.05) is 13.8 Å². The van der Waals surface area contributed by atoms with Crippen molar-refractivity contribution in [3.05, 3.63) is 17.5 Å². The third-order valence-corrected chi connectivity index (χ3v) is 3.11. The van der Waals surface area contributed by atoms with Gasteiger partial charge in [-0.25, -0.2) is 0 Å². The van der Waals surface area contributed by atoms with E-state index in [-0.39, 0.29) is 0 Å². The van der Waals surface area contributed by atoms with Crippen LogP contribution in [0.4, 0.5) is 0 Å². The van der Waals surface area contributed by atoms with Gasteiger partial charge in [-0.3, -0.25) is 4.68 Å². The molecule has 4 nitrogen and oxygen atoms in total. The largest absolute Gasteiger partial charge is 0.312 e. The Labute approximate surface area is 111 Å². The van der Waals surface area contributed by atoms with Crippen molar-refractivity contribution < 1.29 is 0 Å². The van der Waals surface area contributed by atoms with Gasteiger partial charge in [0.05, 0.1) is 5.69 Å². The maximum absolute atomic E-state index is 4.52. The molecular weight excluding hydrogens is 224 g/mol. The SMILES string of the molecule is CCCNC(Cc1cc(CC)nn1C)CN(C)C. The van der Waals surface area contributed by atoms with Crippen LogP contribution >= 0.6 is 0 Å². The summed E-state index contributed by atoms with van der Waals surface area (Å²) < 4.78 is 2.02. The lowest BCUT2D eigenvalue weighted by Gasteiger charge is -2.22. The summed E-state index contributed by atoms with van der Waals surface area (Å²) in [4.78, 5) is 2.24. The summed E-state index contributed by atoms with van der Waals surface area (Å²) in [5, 5.41) is 8.14. The highest BCUT2D eigenvalue weighted by molar-refractivity contribution is 5.11. The van der Waals surface area contributed by atoms with Crippen LogP contribution < -0.4 is 5.32 Å². The molecule has 0 saturated heterocycles. The molecule has 18 heavy (non-hydrogen) atoms. The Bertz CT molecular complexity index is 344. The van der Waals surface area contributed by atoms with Crippen molar-refractivity contribution in [2.75, 3.05) is 27.2 Å². The van der Waals surface area contributed by atoms with Gasteiger partial charge in [0.25, 0.3) is 0 Å². The Morgan fingerprint density at radius 3 is 2.61 bits per heavy atom. The van der Waals surface area contributed by atoms with Crippen LogP contribution in [0.2, 0.25) is 0 Å². The number of nitrogens with zero attached hydrogens (tertiary/aromatic N) is 3. The van der Waals surface area contributed by atoms with Crippen LogP contribution in [0.3, 0.4) is 0 Å². The Morgan fingerprint density at radius 1 is 1.39 bits per heavy atom. The molecule has 0 bridgehead atoms. The molecule has 104 valence electrons.